The van der Waals surface area contributed by atoms with Crippen LogP contribution in [0.3, 0.4) is 0 Å². The van der Waals surface area contributed by atoms with Crippen molar-refractivity contribution in [3.05, 3.63) is 11.6 Å². The molecule has 0 bridgehead atoms. The zero-order chi connectivity index (χ0) is 64.2. The Balaban J connectivity index is 0.984. The van der Waals surface area contributed by atoms with Crippen molar-refractivity contribution in [1.82, 2.24) is 0 Å². The van der Waals surface area contributed by atoms with Crippen LogP contribution < -0.4 is 0 Å². The first-order valence-electron chi connectivity index (χ1n) is 30.5. The summed E-state index contributed by atoms with van der Waals surface area (Å²) in [6, 6.07) is 0. The topological polar surface area (TPSA) is 413 Å². The van der Waals surface area contributed by atoms with E-state index < -0.39 is 224 Å². The second kappa shape index (κ2) is 25.1. The summed E-state index contributed by atoms with van der Waals surface area (Å²) >= 11 is 0. The molecule has 4 heterocycles. The Bertz CT molecular complexity index is 2530. The number of carbonyl (C=O) groups is 4. The van der Waals surface area contributed by atoms with Gasteiger partial charge >= 0.3 is 17.9 Å². The number of Topliss-reactive ketones (excluding diaryl/α,β-unsaturated/α-hetero) is 1. The van der Waals surface area contributed by atoms with E-state index in [1.807, 2.05) is 13.8 Å². The van der Waals surface area contributed by atoms with Crippen molar-refractivity contribution in [3.63, 3.8) is 0 Å². The summed E-state index contributed by atoms with van der Waals surface area (Å²) in [5, 5.41) is 131. The van der Waals surface area contributed by atoms with Crippen molar-refractivity contribution >= 4 is 23.7 Å². The molecule has 4 aliphatic heterocycles. The molecule has 4 saturated carbocycles. The van der Waals surface area contributed by atoms with Gasteiger partial charge in [0.25, 0.3) is 0 Å². The Labute approximate surface area is 505 Å². The van der Waals surface area contributed by atoms with Gasteiger partial charge in [0.2, 0.25) is 0 Å². The smallest absolute Gasteiger partial charge is 0.303 e. The fourth-order valence-corrected chi connectivity index (χ4v) is 17.6. The summed E-state index contributed by atoms with van der Waals surface area (Å²) in [6.45, 7) is 16.5. The summed E-state index contributed by atoms with van der Waals surface area (Å²) in [6.07, 6.45) is -31.1. The zero-order valence-electron chi connectivity index (χ0n) is 51.4. The summed E-state index contributed by atoms with van der Waals surface area (Å²) in [7, 11) is 0. The number of hydrogen-bond donors (Lipinski definition) is 12. The lowest BCUT2D eigenvalue weighted by atomic mass is 9.33. The molecule has 0 aromatic heterocycles. The van der Waals surface area contributed by atoms with Gasteiger partial charge in [-0.05, 0) is 84.9 Å². The van der Waals surface area contributed by atoms with E-state index in [4.69, 9.17) is 52.1 Å². The number of rotatable bonds is 15. The molecule has 0 spiro atoms. The first kappa shape index (κ1) is 68.4. The summed E-state index contributed by atoms with van der Waals surface area (Å²) in [5.74, 6) is -3.30. The number of allylic oxidation sites excluding steroid dienone is 2. The Kier molecular flexibility index (Phi) is 19.8. The van der Waals surface area contributed by atoms with Gasteiger partial charge in [0.1, 0.15) is 97.3 Å². The monoisotopic (exact) mass is 1250 g/mol. The molecule has 12 N–H and O–H groups in total. The van der Waals surface area contributed by atoms with E-state index in [1.54, 1.807) is 6.92 Å². The normalized spacial score (nSPS) is 50.2. The van der Waals surface area contributed by atoms with Gasteiger partial charge in [0.05, 0.1) is 44.1 Å². The zero-order valence-corrected chi connectivity index (χ0v) is 51.4. The molecule has 496 valence electrons. The maximum Gasteiger partial charge on any atom is 0.303 e. The first-order chi connectivity index (χ1) is 40.6. The van der Waals surface area contributed by atoms with Gasteiger partial charge in [0, 0.05) is 32.6 Å². The summed E-state index contributed by atoms with van der Waals surface area (Å²) in [5.41, 5.74) is -4.13. The van der Waals surface area contributed by atoms with Crippen molar-refractivity contribution in [2.75, 3.05) is 26.4 Å². The van der Waals surface area contributed by atoms with Crippen LogP contribution in [0.25, 0.3) is 0 Å². The number of ketones is 1. The molecule has 9 aliphatic rings. The second-order valence-corrected chi connectivity index (χ2v) is 28.1. The Hall–Kier alpha value is -2.98. The molecule has 0 unspecified atom stereocenters. The molecule has 5 aliphatic carbocycles. The van der Waals surface area contributed by atoms with E-state index in [9.17, 15) is 75.7 Å². The molecule has 0 aromatic carbocycles. The Morgan fingerprint density at radius 3 is 1.60 bits per heavy atom. The lowest BCUT2D eigenvalue weighted by Gasteiger charge is -2.71. The predicted molar refractivity (Wildman–Crippen MR) is 293 cm³/mol. The van der Waals surface area contributed by atoms with Crippen LogP contribution in [0, 0.1) is 50.2 Å². The molecule has 0 aromatic rings. The quantitative estimate of drug-likeness (QED) is 0.0376. The van der Waals surface area contributed by atoms with Gasteiger partial charge in [-0.2, -0.15) is 0 Å². The van der Waals surface area contributed by atoms with E-state index in [0.29, 0.717) is 32.1 Å². The third-order valence-corrected chi connectivity index (χ3v) is 22.3. The number of hydrogen-bond acceptors (Lipinski definition) is 27. The number of ether oxygens (including phenoxy) is 11. The van der Waals surface area contributed by atoms with Crippen LogP contribution in [0.2, 0.25) is 0 Å². The molecule has 4 saturated heterocycles. The second-order valence-electron chi connectivity index (χ2n) is 28.1. The number of carbonyl (C=O) groups excluding carboxylic acids is 4. The van der Waals surface area contributed by atoms with Gasteiger partial charge in [-0.1, -0.05) is 60.1 Å². The van der Waals surface area contributed by atoms with Crippen LogP contribution >= 0.6 is 0 Å². The third kappa shape index (κ3) is 11.5. The Morgan fingerprint density at radius 2 is 1.06 bits per heavy atom. The lowest BCUT2D eigenvalue weighted by molar-refractivity contribution is -0.398. The van der Waals surface area contributed by atoms with E-state index in [1.165, 1.54) is 6.92 Å². The minimum atomic E-state index is -1.97. The first-order valence-corrected chi connectivity index (χ1v) is 30.5. The van der Waals surface area contributed by atoms with Crippen molar-refractivity contribution in [2.24, 2.45) is 50.2 Å². The third-order valence-electron chi connectivity index (χ3n) is 22.3. The fourth-order valence-electron chi connectivity index (χ4n) is 17.6. The molecule has 87 heavy (non-hydrogen) atoms. The van der Waals surface area contributed by atoms with E-state index in [-0.39, 0.29) is 30.5 Å². The molecular weight excluding hydrogens is 1150 g/mol. The van der Waals surface area contributed by atoms with Crippen molar-refractivity contribution in [2.45, 2.75) is 262 Å². The van der Waals surface area contributed by atoms with Crippen LogP contribution in [0.4, 0.5) is 0 Å². The highest BCUT2D eigenvalue weighted by Gasteiger charge is 2.74. The van der Waals surface area contributed by atoms with Gasteiger partial charge < -0.3 is 113 Å². The molecule has 30 atom stereocenters. The van der Waals surface area contributed by atoms with Gasteiger partial charge in [-0.15, -0.1) is 0 Å². The summed E-state index contributed by atoms with van der Waals surface area (Å²) in [4.78, 5) is 53.5. The molecule has 8 fully saturated rings. The highest BCUT2D eigenvalue weighted by Crippen LogP contribution is 2.76. The molecule has 27 heteroatoms. The van der Waals surface area contributed by atoms with Crippen molar-refractivity contribution in [1.29, 1.82) is 0 Å². The predicted octanol–water partition coefficient (Wildman–Crippen LogP) is -1.70. The highest BCUT2D eigenvalue weighted by molar-refractivity contribution is 5.90. The molecule has 0 radical (unpaired) electrons. The average Bonchev–Trinajstić information content (AvgIpc) is 0.720. The largest absolute Gasteiger partial charge is 0.459 e. The minimum Gasteiger partial charge on any atom is -0.459 e. The average molecular weight is 1250 g/mol. The van der Waals surface area contributed by atoms with Crippen LogP contribution in [0.15, 0.2) is 11.6 Å². The number of aliphatic hydroxyl groups excluding tert-OH is 12. The van der Waals surface area contributed by atoms with Crippen molar-refractivity contribution in [3.8, 4) is 0 Å². The molecule has 0 amide bonds. The summed E-state index contributed by atoms with van der Waals surface area (Å²) < 4.78 is 66.7. The Morgan fingerprint density at radius 1 is 0.552 bits per heavy atom. The standard InChI is InChI=1S/C60H94O27/c1-24-45(78-25(2)65)46(79-26(3)66)44(76)52(77-24)87-49-50(80-27(4)67)60(23-64)29(18-55(49,5)6)28-12-13-34-57(9)16-15-36(56(7,8)33(57)14-17-58(34,10)59(28,11)19-35(60)68)84-53-47(41(73)38(70)31(21-62)82-53)86-54-48(42(74)39(71)32(22-63)83-54)85-51-43(75)40(72)37(69)30(20-61)81-51/h12,24,29-34,36-54,61-64,69-76H,13-23H2,1-11H3/t24-,29-,30+,31+,32+,33-,34+,36-,37+,38+,39+,40-,41-,42-,43+,44+,45-,46+,47+,48+,49-,50-,51-,52-,53-,54-,57-,58+,59+,60-/m0/s1. The highest BCUT2D eigenvalue weighted by atomic mass is 16.8. The minimum absolute atomic E-state index is 0.0277. The van der Waals surface area contributed by atoms with Crippen LogP contribution in [-0.2, 0) is 71.3 Å². The van der Waals surface area contributed by atoms with Crippen LogP contribution in [-0.4, -0.2) is 253 Å². The van der Waals surface area contributed by atoms with E-state index in [0.717, 1.165) is 19.4 Å². The molecule has 9 rings (SSSR count). The van der Waals surface area contributed by atoms with Gasteiger partial charge in [-0.25, -0.2) is 0 Å². The van der Waals surface area contributed by atoms with Gasteiger partial charge in [0.15, 0.2) is 37.4 Å². The molecular formula is C60H94O27. The number of esters is 3. The lowest BCUT2D eigenvalue weighted by Crippen LogP contribution is -2.72. The van der Waals surface area contributed by atoms with Crippen LogP contribution in [0.5, 0.6) is 0 Å². The SMILES string of the molecule is CC(=O)O[C@@H]1[C@@H](O)[C@H](O[C@H]2[C@H](OC(C)=O)[C@]3(CO)C(=O)C[C@]4(C)C(=CC[C@@H]5[C@@]6(C)CC[C@H](O[C@@H]7O[C@H](CO)[C@@H](O)[C@H](O)[C@H]7O[C@@H]7O[C@H](CO)[C@@H](O)[C@H](O)[C@H]7O[C@@H]7O[C@H](CO)[C@@H](O)[C@H](O)[C@H]7O)C(C)(C)[C@@H]6CC[C@]54C)[C@@H]3CC2(C)C)O[C@@H](C)[C@@H]1OC(C)=O. The van der Waals surface area contributed by atoms with Gasteiger partial charge in [-0.3, -0.25) is 19.2 Å². The maximum absolute atomic E-state index is 15.7. The van der Waals surface area contributed by atoms with E-state index >= 15 is 4.79 Å². The van der Waals surface area contributed by atoms with E-state index in [2.05, 4.69) is 40.7 Å². The number of fused-ring (bicyclic) bond motifs is 7. The van der Waals surface area contributed by atoms with Crippen LogP contribution in [0.1, 0.15) is 121 Å². The fraction of sp³-hybridized carbons (Fsp3) is 0.900. The molecule has 27 nitrogen and oxygen atoms in total. The van der Waals surface area contributed by atoms with Crippen molar-refractivity contribution < 1.29 is 133 Å². The number of aliphatic hydroxyl groups is 12. The maximum atomic E-state index is 15.7.